The third-order valence-corrected chi connectivity index (χ3v) is 6.20. The van der Waals surface area contributed by atoms with E-state index in [1.165, 1.54) is 17.0 Å². The SMILES string of the molecule is Cc1ccc(N2C(=O)C(c3ccc(F)cc3)=C(N3CCN(c4ccccc4)CC3)C2=O)cc1. The maximum absolute atomic E-state index is 13.6. The summed E-state index contributed by atoms with van der Waals surface area (Å²) in [6.07, 6.45) is 0. The van der Waals surface area contributed by atoms with Gasteiger partial charge in [0.05, 0.1) is 11.3 Å². The fourth-order valence-electron chi connectivity index (χ4n) is 4.44. The second-order valence-electron chi connectivity index (χ2n) is 8.32. The largest absolute Gasteiger partial charge is 0.368 e. The number of carbonyl (C=O) groups excluding carboxylic acids is 2. The highest BCUT2D eigenvalue weighted by atomic mass is 19.1. The fourth-order valence-corrected chi connectivity index (χ4v) is 4.44. The van der Waals surface area contributed by atoms with Gasteiger partial charge in [0.1, 0.15) is 11.5 Å². The normalized spacial score (nSPS) is 16.7. The Morgan fingerprint density at radius 1 is 0.667 bits per heavy atom. The van der Waals surface area contributed by atoms with Crippen molar-refractivity contribution in [3.8, 4) is 0 Å². The first kappa shape index (κ1) is 20.9. The van der Waals surface area contributed by atoms with E-state index in [4.69, 9.17) is 0 Å². The molecule has 0 spiro atoms. The molecule has 3 aromatic rings. The number of hydrogen-bond acceptors (Lipinski definition) is 4. The quantitative estimate of drug-likeness (QED) is 0.568. The van der Waals surface area contributed by atoms with Gasteiger partial charge in [-0.3, -0.25) is 9.59 Å². The molecule has 0 unspecified atom stereocenters. The van der Waals surface area contributed by atoms with Crippen LogP contribution < -0.4 is 9.80 Å². The first-order valence-electron chi connectivity index (χ1n) is 11.0. The van der Waals surface area contributed by atoms with E-state index in [2.05, 4.69) is 17.0 Å². The average molecular weight is 442 g/mol. The predicted octanol–water partition coefficient (Wildman–Crippen LogP) is 4.24. The third kappa shape index (κ3) is 3.89. The fraction of sp³-hybridized carbons (Fsp3) is 0.185. The Morgan fingerprint density at radius 3 is 1.91 bits per heavy atom. The van der Waals surface area contributed by atoms with Gasteiger partial charge in [0.25, 0.3) is 11.8 Å². The van der Waals surface area contributed by atoms with Crippen molar-refractivity contribution in [2.24, 2.45) is 0 Å². The number of carbonyl (C=O) groups is 2. The van der Waals surface area contributed by atoms with Crippen molar-refractivity contribution in [1.82, 2.24) is 4.90 Å². The van der Waals surface area contributed by atoms with Crippen LogP contribution in [0.25, 0.3) is 5.57 Å². The first-order chi connectivity index (χ1) is 16.0. The van der Waals surface area contributed by atoms with E-state index in [1.54, 1.807) is 24.3 Å². The summed E-state index contributed by atoms with van der Waals surface area (Å²) in [5.41, 5.74) is 3.98. The smallest absolute Gasteiger partial charge is 0.282 e. The molecule has 0 aliphatic carbocycles. The number of nitrogens with zero attached hydrogens (tertiary/aromatic N) is 3. The number of halogens is 1. The highest BCUT2D eigenvalue weighted by molar-refractivity contribution is 6.45. The number of benzene rings is 3. The molecule has 6 heteroatoms. The second kappa shape index (κ2) is 8.54. The van der Waals surface area contributed by atoms with Crippen molar-refractivity contribution in [1.29, 1.82) is 0 Å². The number of amides is 2. The van der Waals surface area contributed by atoms with Crippen LogP contribution in [0.5, 0.6) is 0 Å². The van der Waals surface area contributed by atoms with Crippen LogP contribution in [0.15, 0.2) is 84.6 Å². The van der Waals surface area contributed by atoms with E-state index in [0.29, 0.717) is 35.6 Å². The summed E-state index contributed by atoms with van der Waals surface area (Å²) in [4.78, 5) is 32.7. The third-order valence-electron chi connectivity index (χ3n) is 6.20. The maximum atomic E-state index is 13.6. The Bertz CT molecular complexity index is 1210. The van der Waals surface area contributed by atoms with Crippen LogP contribution in [0.2, 0.25) is 0 Å². The number of imide groups is 1. The molecule has 166 valence electrons. The molecule has 33 heavy (non-hydrogen) atoms. The van der Waals surface area contributed by atoms with Crippen molar-refractivity contribution in [2.45, 2.75) is 6.92 Å². The minimum atomic E-state index is -0.385. The molecule has 0 aromatic heterocycles. The molecule has 5 nitrogen and oxygen atoms in total. The Labute approximate surface area is 192 Å². The molecule has 0 bridgehead atoms. The number of aryl methyl sites for hydroxylation is 1. The van der Waals surface area contributed by atoms with E-state index in [-0.39, 0.29) is 17.6 Å². The van der Waals surface area contributed by atoms with Crippen LogP contribution in [0.4, 0.5) is 15.8 Å². The maximum Gasteiger partial charge on any atom is 0.282 e. The Hall–Kier alpha value is -3.93. The predicted molar refractivity (Wildman–Crippen MR) is 127 cm³/mol. The van der Waals surface area contributed by atoms with Crippen LogP contribution in [-0.4, -0.2) is 42.9 Å². The number of hydrogen-bond donors (Lipinski definition) is 0. The van der Waals surface area contributed by atoms with Gasteiger partial charge < -0.3 is 9.80 Å². The van der Waals surface area contributed by atoms with Gasteiger partial charge in [-0.05, 0) is 48.9 Å². The molecule has 0 saturated carbocycles. The van der Waals surface area contributed by atoms with Gasteiger partial charge in [-0.15, -0.1) is 0 Å². The summed E-state index contributed by atoms with van der Waals surface area (Å²) in [5, 5.41) is 0. The van der Waals surface area contributed by atoms with Gasteiger partial charge in [0.15, 0.2) is 0 Å². The Morgan fingerprint density at radius 2 is 1.27 bits per heavy atom. The Balaban J connectivity index is 1.50. The van der Waals surface area contributed by atoms with E-state index >= 15 is 0 Å². The van der Waals surface area contributed by atoms with E-state index in [1.807, 2.05) is 42.2 Å². The average Bonchev–Trinajstić information content (AvgIpc) is 3.11. The number of piperazine rings is 1. The Kier molecular flexibility index (Phi) is 5.42. The summed E-state index contributed by atoms with van der Waals surface area (Å²) < 4.78 is 13.6. The molecule has 1 saturated heterocycles. The molecular formula is C27H24FN3O2. The summed E-state index contributed by atoms with van der Waals surface area (Å²) >= 11 is 0. The second-order valence-corrected chi connectivity index (χ2v) is 8.32. The molecular weight excluding hydrogens is 417 g/mol. The van der Waals surface area contributed by atoms with Crippen molar-refractivity contribution >= 4 is 28.8 Å². The van der Waals surface area contributed by atoms with Crippen LogP contribution >= 0.6 is 0 Å². The van der Waals surface area contributed by atoms with E-state index in [0.717, 1.165) is 24.3 Å². The minimum absolute atomic E-state index is 0.328. The molecule has 2 aliphatic rings. The zero-order valence-electron chi connectivity index (χ0n) is 18.4. The number of para-hydroxylation sites is 1. The molecule has 0 radical (unpaired) electrons. The van der Waals surface area contributed by atoms with Crippen LogP contribution in [0, 0.1) is 12.7 Å². The molecule has 1 fully saturated rings. The van der Waals surface area contributed by atoms with Crippen molar-refractivity contribution in [3.63, 3.8) is 0 Å². The summed E-state index contributed by atoms with van der Waals surface area (Å²) in [5.74, 6) is -1.10. The molecule has 5 rings (SSSR count). The molecule has 2 heterocycles. The van der Waals surface area contributed by atoms with Gasteiger partial charge in [0, 0.05) is 31.9 Å². The van der Waals surface area contributed by atoms with Crippen LogP contribution in [-0.2, 0) is 9.59 Å². The highest BCUT2D eigenvalue weighted by Crippen LogP contribution is 2.35. The first-order valence-corrected chi connectivity index (χ1v) is 11.0. The molecule has 0 atom stereocenters. The zero-order chi connectivity index (χ0) is 22.9. The monoisotopic (exact) mass is 441 g/mol. The van der Waals surface area contributed by atoms with Gasteiger partial charge >= 0.3 is 0 Å². The van der Waals surface area contributed by atoms with Gasteiger partial charge in [-0.2, -0.15) is 0 Å². The van der Waals surface area contributed by atoms with Crippen molar-refractivity contribution in [3.05, 3.63) is 102 Å². The molecule has 2 aliphatic heterocycles. The topological polar surface area (TPSA) is 43.9 Å². The van der Waals surface area contributed by atoms with Gasteiger partial charge in [-0.25, -0.2) is 9.29 Å². The highest BCUT2D eigenvalue weighted by Gasteiger charge is 2.43. The van der Waals surface area contributed by atoms with Crippen molar-refractivity contribution in [2.75, 3.05) is 36.0 Å². The lowest BCUT2D eigenvalue weighted by Gasteiger charge is -2.37. The lowest BCUT2D eigenvalue weighted by molar-refractivity contribution is -0.120. The standard InChI is InChI=1S/C27H24FN3O2/c1-19-7-13-23(14-8-19)31-26(32)24(20-9-11-21(28)12-10-20)25(27(31)33)30-17-15-29(16-18-30)22-5-3-2-4-6-22/h2-14H,15-18H2,1H3. The van der Waals surface area contributed by atoms with Gasteiger partial charge in [0.2, 0.25) is 0 Å². The van der Waals surface area contributed by atoms with Crippen LogP contribution in [0.1, 0.15) is 11.1 Å². The molecule has 3 aromatic carbocycles. The number of anilines is 2. The van der Waals surface area contributed by atoms with Crippen LogP contribution in [0.3, 0.4) is 0 Å². The van der Waals surface area contributed by atoms with Crippen molar-refractivity contribution < 1.29 is 14.0 Å². The van der Waals surface area contributed by atoms with E-state index < -0.39 is 0 Å². The minimum Gasteiger partial charge on any atom is -0.368 e. The lowest BCUT2D eigenvalue weighted by atomic mass is 10.0. The lowest BCUT2D eigenvalue weighted by Crippen LogP contribution is -2.47. The zero-order valence-corrected chi connectivity index (χ0v) is 18.4. The summed E-state index contributed by atoms with van der Waals surface area (Å²) in [7, 11) is 0. The van der Waals surface area contributed by atoms with E-state index in [9.17, 15) is 14.0 Å². The molecule has 0 N–H and O–H groups in total. The summed E-state index contributed by atoms with van der Waals surface area (Å²) in [6.45, 7) is 4.63. The summed E-state index contributed by atoms with van der Waals surface area (Å²) in [6, 6.07) is 23.2. The van der Waals surface area contributed by atoms with Gasteiger partial charge in [-0.1, -0.05) is 48.0 Å². The molecule has 2 amide bonds. The number of rotatable bonds is 4.